The fraction of sp³-hybridized carbons (Fsp3) is 0.125. The van der Waals surface area contributed by atoms with Crippen molar-refractivity contribution in [1.82, 2.24) is 10.3 Å². The molecule has 0 radical (unpaired) electrons. The predicted octanol–water partition coefficient (Wildman–Crippen LogP) is 3.01. The van der Waals surface area contributed by atoms with E-state index in [9.17, 15) is 4.79 Å². The van der Waals surface area contributed by atoms with Crippen LogP contribution in [0.5, 0.6) is 0 Å². The summed E-state index contributed by atoms with van der Waals surface area (Å²) in [6.45, 7) is 0.396. The van der Waals surface area contributed by atoms with Gasteiger partial charge in [0.1, 0.15) is 12.3 Å². The van der Waals surface area contributed by atoms with Crippen molar-refractivity contribution in [2.75, 3.05) is 6.54 Å². The molecule has 1 heterocycles. The van der Waals surface area contributed by atoms with Crippen LogP contribution in [-0.4, -0.2) is 17.6 Å². The number of benzene rings is 1. The van der Waals surface area contributed by atoms with E-state index in [0.29, 0.717) is 10.7 Å². The van der Waals surface area contributed by atoms with Gasteiger partial charge in [-0.25, -0.2) is 9.78 Å². The second-order valence-corrected chi connectivity index (χ2v) is 4.46. The summed E-state index contributed by atoms with van der Waals surface area (Å²) in [5.74, 6) is 5.54. The van der Waals surface area contributed by atoms with Crippen molar-refractivity contribution in [2.45, 2.75) is 6.61 Å². The van der Waals surface area contributed by atoms with Crippen molar-refractivity contribution in [3.05, 3.63) is 64.9 Å². The smallest absolute Gasteiger partial charge is 0.408 e. The SMILES string of the molecule is O=C(NCC#Cc1ncccc1Cl)OCc1ccccc1. The van der Waals surface area contributed by atoms with E-state index in [4.69, 9.17) is 16.3 Å². The van der Waals surface area contributed by atoms with Crippen LogP contribution in [0.2, 0.25) is 5.02 Å². The van der Waals surface area contributed by atoms with E-state index >= 15 is 0 Å². The number of carbonyl (C=O) groups excluding carboxylic acids is 1. The summed E-state index contributed by atoms with van der Waals surface area (Å²) < 4.78 is 5.04. The first kappa shape index (κ1) is 14.9. The van der Waals surface area contributed by atoms with E-state index in [1.54, 1.807) is 18.3 Å². The summed E-state index contributed by atoms with van der Waals surface area (Å²) in [5, 5.41) is 3.02. The van der Waals surface area contributed by atoms with Crippen LogP contribution in [0.3, 0.4) is 0 Å². The molecule has 0 fully saturated rings. The molecule has 2 aromatic rings. The number of nitrogens with one attached hydrogen (secondary N) is 1. The molecule has 106 valence electrons. The van der Waals surface area contributed by atoms with Crippen LogP contribution in [0.1, 0.15) is 11.3 Å². The van der Waals surface area contributed by atoms with E-state index in [-0.39, 0.29) is 13.2 Å². The van der Waals surface area contributed by atoms with Crippen molar-refractivity contribution < 1.29 is 9.53 Å². The standard InChI is InChI=1S/C16H13ClN2O2/c17-14-8-4-10-18-15(14)9-5-11-19-16(20)21-12-13-6-2-1-3-7-13/h1-4,6-8,10H,11-12H2,(H,19,20). The van der Waals surface area contributed by atoms with Crippen LogP contribution in [-0.2, 0) is 11.3 Å². The van der Waals surface area contributed by atoms with Gasteiger partial charge in [-0.3, -0.25) is 0 Å². The zero-order chi connectivity index (χ0) is 14.9. The number of hydrogen-bond donors (Lipinski definition) is 1. The van der Waals surface area contributed by atoms with Gasteiger partial charge in [0.05, 0.1) is 11.6 Å². The Morgan fingerprint density at radius 2 is 2.05 bits per heavy atom. The molecule has 21 heavy (non-hydrogen) atoms. The van der Waals surface area contributed by atoms with E-state index in [0.717, 1.165) is 5.56 Å². The topological polar surface area (TPSA) is 51.2 Å². The zero-order valence-corrected chi connectivity index (χ0v) is 11.9. The summed E-state index contributed by atoms with van der Waals surface area (Å²) in [4.78, 5) is 15.5. The molecule has 0 bridgehead atoms. The van der Waals surface area contributed by atoms with Gasteiger partial charge in [-0.1, -0.05) is 47.9 Å². The normalized spacial score (nSPS) is 9.38. The third-order valence-electron chi connectivity index (χ3n) is 2.50. The lowest BCUT2D eigenvalue weighted by Crippen LogP contribution is -2.24. The number of pyridine rings is 1. The highest BCUT2D eigenvalue weighted by Gasteiger charge is 2.00. The second kappa shape index (κ2) is 7.93. The molecule has 4 nitrogen and oxygen atoms in total. The molecule has 5 heteroatoms. The van der Waals surface area contributed by atoms with Crippen LogP contribution in [0, 0.1) is 11.8 Å². The molecule has 0 unspecified atom stereocenters. The van der Waals surface area contributed by atoms with Crippen molar-refractivity contribution in [3.63, 3.8) is 0 Å². The molecule has 1 aromatic carbocycles. The lowest BCUT2D eigenvalue weighted by Gasteiger charge is -2.04. The maximum atomic E-state index is 11.5. The number of alkyl carbamates (subject to hydrolysis) is 1. The number of aromatic nitrogens is 1. The fourth-order valence-electron chi connectivity index (χ4n) is 1.50. The quantitative estimate of drug-likeness (QED) is 0.887. The van der Waals surface area contributed by atoms with Crippen LogP contribution in [0.15, 0.2) is 48.7 Å². The van der Waals surface area contributed by atoms with Crippen LogP contribution in [0.25, 0.3) is 0 Å². The highest BCUT2D eigenvalue weighted by atomic mass is 35.5. The van der Waals surface area contributed by atoms with Gasteiger partial charge >= 0.3 is 6.09 Å². The first-order valence-electron chi connectivity index (χ1n) is 6.29. The molecule has 0 aliphatic carbocycles. The summed E-state index contributed by atoms with van der Waals surface area (Å²) in [6.07, 6.45) is 1.09. The summed E-state index contributed by atoms with van der Waals surface area (Å²) in [5.41, 5.74) is 1.41. The highest BCUT2D eigenvalue weighted by molar-refractivity contribution is 6.31. The minimum absolute atomic E-state index is 0.167. The highest BCUT2D eigenvalue weighted by Crippen LogP contribution is 2.09. The molecule has 0 spiro atoms. The molecule has 0 saturated heterocycles. The number of carbonyl (C=O) groups is 1. The Morgan fingerprint density at radius 1 is 1.24 bits per heavy atom. The number of amides is 1. The van der Waals surface area contributed by atoms with Crippen molar-refractivity contribution >= 4 is 17.7 Å². The maximum Gasteiger partial charge on any atom is 0.408 e. The number of ether oxygens (including phenoxy) is 1. The van der Waals surface area contributed by atoms with Crippen molar-refractivity contribution in [2.24, 2.45) is 0 Å². The molecule has 1 aromatic heterocycles. The van der Waals surface area contributed by atoms with Gasteiger partial charge in [0.15, 0.2) is 0 Å². The van der Waals surface area contributed by atoms with Crippen LogP contribution in [0.4, 0.5) is 4.79 Å². The second-order valence-electron chi connectivity index (χ2n) is 4.05. The minimum Gasteiger partial charge on any atom is -0.445 e. The molecular weight excluding hydrogens is 288 g/mol. The monoisotopic (exact) mass is 300 g/mol. The average Bonchev–Trinajstić information content (AvgIpc) is 2.52. The molecule has 1 amide bonds. The molecule has 1 N–H and O–H groups in total. The maximum absolute atomic E-state index is 11.5. The number of halogens is 1. The Hall–Kier alpha value is -2.51. The first-order chi connectivity index (χ1) is 10.3. The fourth-order valence-corrected chi connectivity index (χ4v) is 1.66. The summed E-state index contributed by atoms with van der Waals surface area (Å²) >= 11 is 5.91. The van der Waals surface area contributed by atoms with E-state index in [2.05, 4.69) is 22.1 Å². The Morgan fingerprint density at radius 3 is 2.81 bits per heavy atom. The predicted molar refractivity (Wildman–Crippen MR) is 80.8 cm³/mol. The third-order valence-corrected chi connectivity index (χ3v) is 2.80. The van der Waals surface area contributed by atoms with Gasteiger partial charge in [-0.05, 0) is 23.6 Å². The molecule has 0 aliphatic heterocycles. The van der Waals surface area contributed by atoms with Gasteiger partial charge in [-0.2, -0.15) is 0 Å². The van der Waals surface area contributed by atoms with E-state index in [1.807, 2.05) is 30.3 Å². The van der Waals surface area contributed by atoms with Gasteiger partial charge < -0.3 is 10.1 Å². The number of nitrogens with zero attached hydrogens (tertiary/aromatic N) is 1. The Bertz CT molecular complexity index is 663. The Kier molecular flexibility index (Phi) is 5.62. The average molecular weight is 301 g/mol. The van der Waals surface area contributed by atoms with Crippen LogP contribution < -0.4 is 5.32 Å². The van der Waals surface area contributed by atoms with Gasteiger partial charge in [-0.15, -0.1) is 0 Å². The Labute approximate surface area is 128 Å². The molecular formula is C16H13ClN2O2. The molecule has 0 atom stereocenters. The number of rotatable bonds is 3. The lowest BCUT2D eigenvalue weighted by molar-refractivity contribution is 0.141. The third kappa shape index (κ3) is 5.17. The van der Waals surface area contributed by atoms with Gasteiger partial charge in [0.25, 0.3) is 0 Å². The summed E-state index contributed by atoms with van der Waals surface area (Å²) in [7, 11) is 0. The van der Waals surface area contributed by atoms with Crippen molar-refractivity contribution in [1.29, 1.82) is 0 Å². The first-order valence-corrected chi connectivity index (χ1v) is 6.67. The Balaban J connectivity index is 1.74. The van der Waals surface area contributed by atoms with Crippen molar-refractivity contribution in [3.8, 4) is 11.8 Å². The zero-order valence-electron chi connectivity index (χ0n) is 11.2. The number of hydrogen-bond acceptors (Lipinski definition) is 3. The molecule has 0 aliphatic rings. The summed E-state index contributed by atoms with van der Waals surface area (Å²) in [6, 6.07) is 12.9. The minimum atomic E-state index is -0.514. The molecule has 0 saturated carbocycles. The van der Waals surface area contributed by atoms with Gasteiger partial charge in [0.2, 0.25) is 0 Å². The van der Waals surface area contributed by atoms with Crippen LogP contribution >= 0.6 is 11.6 Å². The van der Waals surface area contributed by atoms with E-state index < -0.39 is 6.09 Å². The lowest BCUT2D eigenvalue weighted by atomic mass is 10.2. The molecule has 2 rings (SSSR count). The van der Waals surface area contributed by atoms with E-state index in [1.165, 1.54) is 0 Å². The van der Waals surface area contributed by atoms with Gasteiger partial charge in [0, 0.05) is 6.20 Å². The largest absolute Gasteiger partial charge is 0.445 e.